The average molecular weight is 234 g/mol. The van der Waals surface area contributed by atoms with Crippen molar-refractivity contribution in [3.8, 4) is 0 Å². The first-order valence-electron chi connectivity index (χ1n) is 6.83. The number of aryl methyl sites for hydroxylation is 1. The van der Waals surface area contributed by atoms with Gasteiger partial charge < -0.3 is 14.8 Å². The molecule has 1 aromatic heterocycles. The molecule has 17 heavy (non-hydrogen) atoms. The van der Waals surface area contributed by atoms with Crippen molar-refractivity contribution < 1.29 is 0 Å². The highest BCUT2D eigenvalue weighted by molar-refractivity contribution is 4.90. The van der Waals surface area contributed by atoms with Gasteiger partial charge in [-0.25, -0.2) is 4.98 Å². The number of nitrogens with zero attached hydrogens (tertiary/aromatic N) is 3. The molecule has 0 spiro atoms. The summed E-state index contributed by atoms with van der Waals surface area (Å²) in [5.74, 6) is 0.938. The molecule has 0 aromatic carbocycles. The molecular weight excluding hydrogens is 212 g/mol. The quantitative estimate of drug-likeness (QED) is 0.770. The summed E-state index contributed by atoms with van der Waals surface area (Å²) < 4.78 is 2.15. The van der Waals surface area contributed by atoms with Gasteiger partial charge in [0.25, 0.3) is 0 Å². The number of rotatable bonds is 5. The van der Waals surface area contributed by atoms with Crippen molar-refractivity contribution in [3.63, 3.8) is 0 Å². The van der Waals surface area contributed by atoms with Crippen molar-refractivity contribution in [2.75, 3.05) is 26.2 Å². The predicted molar refractivity (Wildman–Crippen MR) is 67.8 cm³/mol. The molecule has 94 valence electrons. The van der Waals surface area contributed by atoms with Crippen LogP contribution in [0.3, 0.4) is 0 Å². The molecular formula is C13H22N4. The fraction of sp³-hybridized carbons (Fsp3) is 0.769. The molecule has 0 saturated carbocycles. The maximum Gasteiger partial charge on any atom is 0.0945 e. The van der Waals surface area contributed by atoms with Crippen molar-refractivity contribution in [1.82, 2.24) is 19.8 Å². The van der Waals surface area contributed by atoms with Gasteiger partial charge in [-0.3, -0.25) is 0 Å². The van der Waals surface area contributed by atoms with Gasteiger partial charge in [-0.2, -0.15) is 0 Å². The Hall–Kier alpha value is -0.870. The molecule has 4 nitrogen and oxygen atoms in total. The van der Waals surface area contributed by atoms with Gasteiger partial charge in [0, 0.05) is 31.5 Å². The third-order valence-electron chi connectivity index (χ3n) is 4.21. The first-order chi connectivity index (χ1) is 8.42. The molecule has 1 aromatic rings. The number of imidazole rings is 1. The molecule has 4 heterocycles. The highest BCUT2D eigenvalue weighted by atomic mass is 15.2. The Balaban J connectivity index is 1.37. The van der Waals surface area contributed by atoms with Crippen molar-refractivity contribution >= 4 is 0 Å². The van der Waals surface area contributed by atoms with Gasteiger partial charge in [0.2, 0.25) is 0 Å². The predicted octanol–water partition coefficient (Wildman–Crippen LogP) is 0.957. The standard InChI is InChI=1S/C13H22N4/c1(6-17-9-5-14-11-17)4-15-13-10-16-7-2-12(13)3-8-16/h5,9,11-13,15H,1-4,6-8,10H2. The van der Waals surface area contributed by atoms with Crippen LogP contribution >= 0.6 is 0 Å². The van der Waals surface area contributed by atoms with E-state index in [2.05, 4.69) is 19.8 Å². The fourth-order valence-electron chi connectivity index (χ4n) is 3.16. The Morgan fingerprint density at radius 1 is 1.29 bits per heavy atom. The third-order valence-corrected chi connectivity index (χ3v) is 4.21. The van der Waals surface area contributed by atoms with Crippen LogP contribution < -0.4 is 5.32 Å². The number of fused-ring (bicyclic) bond motifs is 3. The number of hydrogen-bond acceptors (Lipinski definition) is 3. The molecule has 3 aliphatic heterocycles. The van der Waals surface area contributed by atoms with Gasteiger partial charge in [0.1, 0.15) is 0 Å². The van der Waals surface area contributed by atoms with Crippen LogP contribution in [0.2, 0.25) is 0 Å². The zero-order valence-electron chi connectivity index (χ0n) is 10.4. The van der Waals surface area contributed by atoms with Crippen molar-refractivity contribution in [2.45, 2.75) is 31.8 Å². The lowest BCUT2D eigenvalue weighted by Crippen LogP contribution is -2.56. The molecule has 1 N–H and O–H groups in total. The zero-order chi connectivity index (χ0) is 11.5. The maximum absolute atomic E-state index is 4.06. The monoisotopic (exact) mass is 234 g/mol. The second-order valence-corrected chi connectivity index (χ2v) is 5.35. The summed E-state index contributed by atoms with van der Waals surface area (Å²) in [6.45, 7) is 6.15. The minimum Gasteiger partial charge on any atom is -0.337 e. The Bertz CT molecular complexity index is 327. The van der Waals surface area contributed by atoms with Crippen LogP contribution in [-0.4, -0.2) is 46.7 Å². The van der Waals surface area contributed by atoms with Crippen LogP contribution in [0.4, 0.5) is 0 Å². The van der Waals surface area contributed by atoms with E-state index in [0.29, 0.717) is 0 Å². The number of piperidine rings is 3. The molecule has 0 aliphatic carbocycles. The van der Waals surface area contributed by atoms with E-state index < -0.39 is 0 Å². The summed E-state index contributed by atoms with van der Waals surface area (Å²) in [6, 6.07) is 0.750. The molecule has 4 heteroatoms. The SMILES string of the molecule is c1cn(CCCNC2CN3CCC2CC3)cn1. The Labute approximate surface area is 103 Å². The smallest absolute Gasteiger partial charge is 0.0945 e. The fourth-order valence-corrected chi connectivity index (χ4v) is 3.16. The lowest BCUT2D eigenvalue weighted by molar-refractivity contribution is 0.0726. The summed E-state index contributed by atoms with van der Waals surface area (Å²) in [5, 5.41) is 3.74. The van der Waals surface area contributed by atoms with Crippen molar-refractivity contribution in [3.05, 3.63) is 18.7 Å². The molecule has 0 radical (unpaired) electrons. The molecule has 1 unspecified atom stereocenters. The highest BCUT2D eigenvalue weighted by Crippen LogP contribution is 2.27. The number of aromatic nitrogens is 2. The van der Waals surface area contributed by atoms with E-state index in [9.17, 15) is 0 Å². The first-order valence-corrected chi connectivity index (χ1v) is 6.83. The topological polar surface area (TPSA) is 33.1 Å². The average Bonchev–Trinajstić information content (AvgIpc) is 2.89. The lowest BCUT2D eigenvalue weighted by Gasteiger charge is -2.45. The molecule has 3 saturated heterocycles. The van der Waals surface area contributed by atoms with E-state index >= 15 is 0 Å². The summed E-state index contributed by atoms with van der Waals surface area (Å²) >= 11 is 0. The molecule has 2 bridgehead atoms. The maximum atomic E-state index is 4.06. The van der Waals surface area contributed by atoms with Gasteiger partial charge in [-0.1, -0.05) is 0 Å². The second kappa shape index (κ2) is 5.19. The van der Waals surface area contributed by atoms with Gasteiger partial charge in [0.05, 0.1) is 6.33 Å². The highest BCUT2D eigenvalue weighted by Gasteiger charge is 2.33. The van der Waals surface area contributed by atoms with E-state index in [-0.39, 0.29) is 0 Å². The van der Waals surface area contributed by atoms with E-state index in [1.165, 1.54) is 38.9 Å². The Kier molecular flexibility index (Phi) is 3.43. The van der Waals surface area contributed by atoms with E-state index in [1.807, 2.05) is 18.7 Å². The number of hydrogen-bond donors (Lipinski definition) is 1. The molecule has 1 atom stereocenters. The normalized spacial score (nSPS) is 31.9. The second-order valence-electron chi connectivity index (χ2n) is 5.35. The van der Waals surface area contributed by atoms with Crippen LogP contribution in [0.1, 0.15) is 19.3 Å². The van der Waals surface area contributed by atoms with Crippen LogP contribution in [0, 0.1) is 5.92 Å². The Morgan fingerprint density at radius 3 is 2.82 bits per heavy atom. The largest absolute Gasteiger partial charge is 0.337 e. The van der Waals surface area contributed by atoms with E-state index in [1.54, 1.807) is 0 Å². The van der Waals surface area contributed by atoms with Gasteiger partial charge in [-0.15, -0.1) is 0 Å². The minimum atomic E-state index is 0.750. The van der Waals surface area contributed by atoms with Crippen LogP contribution in [-0.2, 0) is 6.54 Å². The summed E-state index contributed by atoms with van der Waals surface area (Å²) in [4.78, 5) is 6.66. The molecule has 0 amide bonds. The lowest BCUT2D eigenvalue weighted by atomic mass is 9.84. The van der Waals surface area contributed by atoms with Gasteiger partial charge in [-0.05, 0) is 44.8 Å². The van der Waals surface area contributed by atoms with Gasteiger partial charge in [0.15, 0.2) is 0 Å². The minimum absolute atomic E-state index is 0.750. The Morgan fingerprint density at radius 2 is 2.18 bits per heavy atom. The van der Waals surface area contributed by atoms with Crippen molar-refractivity contribution in [1.29, 1.82) is 0 Å². The molecule has 3 fully saturated rings. The van der Waals surface area contributed by atoms with Crippen LogP contribution in [0.15, 0.2) is 18.7 Å². The first kappa shape index (κ1) is 11.2. The van der Waals surface area contributed by atoms with E-state index in [0.717, 1.165) is 25.0 Å². The van der Waals surface area contributed by atoms with E-state index in [4.69, 9.17) is 0 Å². The zero-order valence-corrected chi connectivity index (χ0v) is 10.4. The van der Waals surface area contributed by atoms with Gasteiger partial charge >= 0.3 is 0 Å². The van der Waals surface area contributed by atoms with Crippen LogP contribution in [0.25, 0.3) is 0 Å². The summed E-state index contributed by atoms with van der Waals surface area (Å²) in [6.07, 6.45) is 9.78. The third kappa shape index (κ3) is 2.69. The molecule has 4 rings (SSSR count). The number of nitrogens with one attached hydrogen (secondary N) is 1. The van der Waals surface area contributed by atoms with Crippen molar-refractivity contribution in [2.24, 2.45) is 5.92 Å². The summed E-state index contributed by atoms with van der Waals surface area (Å²) in [7, 11) is 0. The summed E-state index contributed by atoms with van der Waals surface area (Å²) in [5.41, 5.74) is 0. The van der Waals surface area contributed by atoms with Crippen LogP contribution in [0.5, 0.6) is 0 Å². The molecule has 3 aliphatic rings.